The number of rotatable bonds is 4. The predicted molar refractivity (Wildman–Crippen MR) is 81.7 cm³/mol. The molecule has 0 bridgehead atoms. The van der Waals surface area contributed by atoms with Crippen molar-refractivity contribution in [3.8, 4) is 6.07 Å². The van der Waals surface area contributed by atoms with E-state index >= 15 is 0 Å². The third-order valence-electron chi connectivity index (χ3n) is 3.27. The van der Waals surface area contributed by atoms with Crippen molar-refractivity contribution in [1.29, 1.82) is 5.26 Å². The Morgan fingerprint density at radius 1 is 1.27 bits per heavy atom. The van der Waals surface area contributed by atoms with Crippen molar-refractivity contribution < 1.29 is 4.79 Å². The van der Waals surface area contributed by atoms with Gasteiger partial charge < -0.3 is 10.6 Å². The molecule has 0 radical (unpaired) electrons. The molecule has 2 N–H and O–H groups in total. The van der Waals surface area contributed by atoms with E-state index in [1.165, 1.54) is 0 Å². The van der Waals surface area contributed by atoms with Gasteiger partial charge in [-0.15, -0.1) is 0 Å². The molecule has 1 fully saturated rings. The van der Waals surface area contributed by atoms with Crippen LogP contribution in [0.4, 0.5) is 11.5 Å². The van der Waals surface area contributed by atoms with Gasteiger partial charge in [0.05, 0.1) is 11.6 Å². The molecule has 1 heterocycles. The fourth-order valence-electron chi connectivity index (χ4n) is 2.01. The molecular weight excluding hydrogens is 278 g/mol. The lowest BCUT2D eigenvalue weighted by molar-refractivity contribution is 0.0945. The van der Waals surface area contributed by atoms with Gasteiger partial charge >= 0.3 is 0 Å². The molecule has 0 atom stereocenters. The van der Waals surface area contributed by atoms with E-state index in [2.05, 4.69) is 26.7 Å². The van der Waals surface area contributed by atoms with E-state index in [4.69, 9.17) is 5.26 Å². The first kappa shape index (κ1) is 14.0. The fourth-order valence-corrected chi connectivity index (χ4v) is 2.01. The van der Waals surface area contributed by atoms with Gasteiger partial charge in [0.25, 0.3) is 5.91 Å². The summed E-state index contributed by atoms with van der Waals surface area (Å²) in [5.41, 5.74) is 1.75. The molecule has 1 amide bonds. The molecule has 22 heavy (non-hydrogen) atoms. The number of carbonyl (C=O) groups is 1. The third-order valence-corrected chi connectivity index (χ3v) is 3.27. The average molecular weight is 293 g/mol. The Bertz CT molecular complexity index is 744. The highest BCUT2D eigenvalue weighted by Gasteiger charge is 2.24. The first-order valence-electron chi connectivity index (χ1n) is 7.08. The minimum absolute atomic E-state index is 0.170. The fraction of sp³-hybridized carbons (Fsp3) is 0.250. The van der Waals surface area contributed by atoms with E-state index in [9.17, 15) is 4.79 Å². The van der Waals surface area contributed by atoms with E-state index in [0.29, 0.717) is 22.9 Å². The minimum Gasteiger partial charge on any atom is -0.348 e. The van der Waals surface area contributed by atoms with Crippen LogP contribution in [0.5, 0.6) is 0 Å². The highest BCUT2D eigenvalue weighted by Crippen LogP contribution is 2.20. The molecule has 6 nitrogen and oxygen atoms in total. The second-order valence-electron chi connectivity index (χ2n) is 5.25. The molecule has 1 aromatic heterocycles. The van der Waals surface area contributed by atoms with Gasteiger partial charge in [-0.3, -0.25) is 4.79 Å². The first-order valence-corrected chi connectivity index (χ1v) is 7.08. The maximum absolute atomic E-state index is 12.1. The zero-order valence-corrected chi connectivity index (χ0v) is 12.1. The van der Waals surface area contributed by atoms with E-state index in [1.54, 1.807) is 37.3 Å². The normalized spacial score (nSPS) is 13.3. The lowest BCUT2D eigenvalue weighted by atomic mass is 10.2. The molecule has 1 aliphatic carbocycles. The monoisotopic (exact) mass is 293 g/mol. The molecule has 0 spiro atoms. The molecule has 110 valence electrons. The molecule has 1 aromatic carbocycles. The standard InChI is InChI=1S/C16H15N5O/c1-10-18-14(16(22)21-13-6-7-13)8-15(19-10)20-12-4-2-11(9-17)3-5-12/h2-5,8,13H,6-7H2,1H3,(H,21,22)(H,18,19,20). The van der Waals surface area contributed by atoms with E-state index in [1.807, 2.05) is 0 Å². The van der Waals surface area contributed by atoms with Crippen LogP contribution in [0.1, 0.15) is 34.7 Å². The SMILES string of the molecule is Cc1nc(Nc2ccc(C#N)cc2)cc(C(=O)NC2CC2)n1. The number of hydrogen-bond acceptors (Lipinski definition) is 5. The van der Waals surface area contributed by atoms with Crippen LogP contribution in [0.3, 0.4) is 0 Å². The predicted octanol–water partition coefficient (Wildman–Crippen LogP) is 2.29. The van der Waals surface area contributed by atoms with E-state index in [-0.39, 0.29) is 11.9 Å². The molecule has 0 aliphatic heterocycles. The van der Waals surface area contributed by atoms with Gasteiger partial charge in [-0.25, -0.2) is 9.97 Å². The van der Waals surface area contributed by atoms with Crippen LogP contribution in [0.2, 0.25) is 0 Å². The Hall–Kier alpha value is -2.94. The van der Waals surface area contributed by atoms with Gasteiger partial charge in [-0.05, 0) is 44.0 Å². The molecule has 1 saturated carbocycles. The number of nitriles is 1. The Labute approximate surface area is 128 Å². The van der Waals surface area contributed by atoms with Gasteiger partial charge in [-0.2, -0.15) is 5.26 Å². The molecule has 0 unspecified atom stereocenters. The first-order chi connectivity index (χ1) is 10.6. The van der Waals surface area contributed by atoms with Crippen LogP contribution >= 0.6 is 0 Å². The summed E-state index contributed by atoms with van der Waals surface area (Å²) in [7, 11) is 0. The van der Waals surface area contributed by atoms with Gasteiger partial charge in [0.1, 0.15) is 17.3 Å². The summed E-state index contributed by atoms with van der Waals surface area (Å²) in [6.45, 7) is 1.75. The maximum atomic E-state index is 12.1. The van der Waals surface area contributed by atoms with Gasteiger partial charge in [-0.1, -0.05) is 0 Å². The Kier molecular flexibility index (Phi) is 3.71. The Morgan fingerprint density at radius 2 is 2.00 bits per heavy atom. The zero-order chi connectivity index (χ0) is 15.5. The van der Waals surface area contributed by atoms with Gasteiger partial charge in [0, 0.05) is 17.8 Å². The number of benzene rings is 1. The summed E-state index contributed by atoms with van der Waals surface area (Å²) in [6, 6.07) is 11.0. The molecule has 6 heteroatoms. The Balaban J connectivity index is 1.78. The van der Waals surface area contributed by atoms with Crippen LogP contribution in [0, 0.1) is 18.3 Å². The van der Waals surface area contributed by atoms with Crippen molar-refractivity contribution in [1.82, 2.24) is 15.3 Å². The average Bonchev–Trinajstić information content (AvgIpc) is 3.31. The molecule has 3 rings (SSSR count). The molecular formula is C16H15N5O. The number of nitrogens with zero attached hydrogens (tertiary/aromatic N) is 3. The largest absolute Gasteiger partial charge is 0.348 e. The summed E-state index contributed by atoms with van der Waals surface area (Å²) in [6.07, 6.45) is 2.07. The number of nitrogens with one attached hydrogen (secondary N) is 2. The van der Waals surface area contributed by atoms with Crippen molar-refractivity contribution in [3.05, 3.63) is 47.4 Å². The molecule has 0 saturated heterocycles. The smallest absolute Gasteiger partial charge is 0.270 e. The molecule has 2 aromatic rings. The van der Waals surface area contributed by atoms with Gasteiger partial charge in [0.2, 0.25) is 0 Å². The van der Waals surface area contributed by atoms with Crippen molar-refractivity contribution in [2.75, 3.05) is 5.32 Å². The second kappa shape index (κ2) is 5.82. The second-order valence-corrected chi connectivity index (χ2v) is 5.25. The summed E-state index contributed by atoms with van der Waals surface area (Å²) >= 11 is 0. The van der Waals surface area contributed by atoms with Crippen molar-refractivity contribution in [3.63, 3.8) is 0 Å². The Morgan fingerprint density at radius 3 is 2.64 bits per heavy atom. The van der Waals surface area contributed by atoms with Gasteiger partial charge in [0.15, 0.2) is 0 Å². The van der Waals surface area contributed by atoms with Crippen LogP contribution in [0.25, 0.3) is 0 Å². The van der Waals surface area contributed by atoms with Crippen LogP contribution < -0.4 is 10.6 Å². The zero-order valence-electron chi connectivity index (χ0n) is 12.1. The van der Waals surface area contributed by atoms with E-state index < -0.39 is 0 Å². The summed E-state index contributed by atoms with van der Waals surface area (Å²) in [5, 5.41) is 14.8. The van der Waals surface area contributed by atoms with Crippen LogP contribution in [0.15, 0.2) is 30.3 Å². The lowest BCUT2D eigenvalue weighted by Gasteiger charge is -2.09. The number of carbonyl (C=O) groups excluding carboxylic acids is 1. The summed E-state index contributed by atoms with van der Waals surface area (Å²) < 4.78 is 0. The maximum Gasteiger partial charge on any atom is 0.270 e. The minimum atomic E-state index is -0.170. The lowest BCUT2D eigenvalue weighted by Crippen LogP contribution is -2.26. The highest BCUT2D eigenvalue weighted by molar-refractivity contribution is 5.93. The van der Waals surface area contributed by atoms with Crippen LogP contribution in [-0.2, 0) is 0 Å². The summed E-state index contributed by atoms with van der Waals surface area (Å²) in [5.74, 6) is 0.911. The number of anilines is 2. The molecule has 1 aliphatic rings. The number of hydrogen-bond donors (Lipinski definition) is 2. The topological polar surface area (TPSA) is 90.7 Å². The van der Waals surface area contributed by atoms with Crippen molar-refractivity contribution in [2.24, 2.45) is 0 Å². The highest BCUT2D eigenvalue weighted by atomic mass is 16.2. The third kappa shape index (κ3) is 3.38. The van der Waals surface area contributed by atoms with Crippen molar-refractivity contribution in [2.45, 2.75) is 25.8 Å². The number of aromatic nitrogens is 2. The van der Waals surface area contributed by atoms with Crippen LogP contribution in [-0.4, -0.2) is 21.9 Å². The van der Waals surface area contributed by atoms with E-state index in [0.717, 1.165) is 18.5 Å². The van der Waals surface area contributed by atoms with Crippen molar-refractivity contribution >= 4 is 17.4 Å². The summed E-state index contributed by atoms with van der Waals surface area (Å²) in [4.78, 5) is 20.5. The number of aryl methyl sites for hydroxylation is 1. The quantitative estimate of drug-likeness (QED) is 0.902. The number of amides is 1.